The molecular formula is C39H57N7O12. The van der Waals surface area contributed by atoms with Crippen LogP contribution in [0.3, 0.4) is 0 Å². The number of ether oxygens (including phenoxy) is 3. The van der Waals surface area contributed by atoms with E-state index in [2.05, 4.69) is 21.3 Å². The molecule has 320 valence electrons. The van der Waals surface area contributed by atoms with Crippen LogP contribution in [0.2, 0.25) is 0 Å². The summed E-state index contributed by atoms with van der Waals surface area (Å²) < 4.78 is 14.9. The Bertz CT molecular complexity index is 1620. The first-order valence-corrected chi connectivity index (χ1v) is 19.2. The van der Waals surface area contributed by atoms with Crippen LogP contribution < -0.4 is 32.7 Å². The lowest BCUT2D eigenvalue weighted by molar-refractivity contribution is -0.147. The van der Waals surface area contributed by atoms with Crippen LogP contribution in [0.1, 0.15) is 84.1 Å². The minimum absolute atomic E-state index is 0.0774. The predicted molar refractivity (Wildman–Crippen MR) is 207 cm³/mol. The van der Waals surface area contributed by atoms with Crippen LogP contribution in [0, 0.1) is 5.92 Å². The van der Waals surface area contributed by atoms with E-state index in [4.69, 9.17) is 25.7 Å². The largest absolute Gasteiger partial charge is 0.467 e. The monoisotopic (exact) mass is 815 g/mol. The Balaban J connectivity index is 2.32. The Morgan fingerprint density at radius 1 is 0.810 bits per heavy atom. The van der Waals surface area contributed by atoms with E-state index in [0.29, 0.717) is 12.0 Å². The molecule has 0 aliphatic carbocycles. The summed E-state index contributed by atoms with van der Waals surface area (Å²) >= 11 is 0. The molecule has 1 heterocycles. The Morgan fingerprint density at radius 3 is 2.00 bits per heavy atom. The van der Waals surface area contributed by atoms with Gasteiger partial charge in [0, 0.05) is 25.5 Å². The van der Waals surface area contributed by atoms with Crippen LogP contribution in [-0.4, -0.2) is 109 Å². The van der Waals surface area contributed by atoms with Crippen molar-refractivity contribution in [3.05, 3.63) is 48.0 Å². The standard InChI is InChI=1S/C39H57N7O12/c1-5-57-33(49)16-10-9-14-26(42-35(51)27(17-19-31(40)47)45-39(55)58-23-25-12-7-6-8-13-25)34(50)44-29(22-24(2)3)37(53)46-21-11-15-30(46)36(52)43-28(38(54)56-4)18-20-32(41)48/h6-8,10,12-13,16,24,26-30H,5,9,11,14-15,17-23H2,1-4H3,(H2,40,47)(H2,41,48)(H,42,51)(H,43,52)(H,44,50)(H,45,55)/b16-10+/t26-,27-,28-,29-,30-/m0/s1. The van der Waals surface area contributed by atoms with Crippen molar-refractivity contribution in [1.82, 2.24) is 26.2 Å². The molecular weight excluding hydrogens is 758 g/mol. The van der Waals surface area contributed by atoms with E-state index in [1.807, 2.05) is 13.8 Å². The number of amides is 7. The molecule has 8 N–H and O–H groups in total. The molecule has 7 amide bonds. The number of alkyl carbamates (subject to hydrolysis) is 1. The van der Waals surface area contributed by atoms with Crippen LogP contribution in [-0.2, 0) is 59.2 Å². The number of esters is 2. The summed E-state index contributed by atoms with van der Waals surface area (Å²) in [6, 6.07) is 2.69. The molecule has 1 saturated heterocycles. The molecule has 1 aromatic carbocycles. The summed E-state index contributed by atoms with van der Waals surface area (Å²) in [5.41, 5.74) is 11.2. The Labute approximate surface area is 337 Å². The summed E-state index contributed by atoms with van der Waals surface area (Å²) in [5, 5.41) is 10.3. The average molecular weight is 816 g/mol. The summed E-state index contributed by atoms with van der Waals surface area (Å²) in [6.45, 7) is 5.48. The topological polar surface area (TPSA) is 285 Å². The molecule has 58 heavy (non-hydrogen) atoms. The molecule has 0 aromatic heterocycles. The lowest BCUT2D eigenvalue weighted by Gasteiger charge is -2.31. The maximum Gasteiger partial charge on any atom is 0.408 e. The summed E-state index contributed by atoms with van der Waals surface area (Å²) in [4.78, 5) is 117. The number of nitrogens with one attached hydrogen (secondary N) is 4. The minimum Gasteiger partial charge on any atom is -0.467 e. The second-order valence-corrected chi connectivity index (χ2v) is 14.0. The molecule has 1 fully saturated rings. The predicted octanol–water partition coefficient (Wildman–Crippen LogP) is 0.376. The molecule has 19 heteroatoms. The number of likely N-dealkylation sites (tertiary alicyclic amines) is 1. The highest BCUT2D eigenvalue weighted by Gasteiger charge is 2.40. The van der Waals surface area contributed by atoms with E-state index >= 15 is 0 Å². The van der Waals surface area contributed by atoms with Gasteiger partial charge in [-0.25, -0.2) is 14.4 Å². The fourth-order valence-electron chi connectivity index (χ4n) is 6.05. The molecule has 1 aliphatic rings. The second kappa shape index (κ2) is 25.3. The number of nitrogens with zero attached hydrogens (tertiary/aromatic N) is 1. The Morgan fingerprint density at radius 2 is 1.41 bits per heavy atom. The van der Waals surface area contributed by atoms with Crippen LogP contribution in [0.5, 0.6) is 0 Å². The summed E-state index contributed by atoms with van der Waals surface area (Å²) in [6.07, 6.45) is 1.65. The number of allylic oxidation sites excluding steroid dienone is 1. The summed E-state index contributed by atoms with van der Waals surface area (Å²) in [5.74, 6) is -5.85. The molecule has 1 aliphatic heterocycles. The quantitative estimate of drug-likeness (QED) is 0.0469. The highest BCUT2D eigenvalue weighted by Crippen LogP contribution is 2.21. The molecule has 1 aromatic rings. The first-order chi connectivity index (χ1) is 27.6. The van der Waals surface area contributed by atoms with Crippen molar-refractivity contribution in [2.24, 2.45) is 17.4 Å². The minimum atomic E-state index is -1.37. The second-order valence-electron chi connectivity index (χ2n) is 14.0. The van der Waals surface area contributed by atoms with Gasteiger partial charge >= 0.3 is 18.0 Å². The first kappa shape index (κ1) is 48.1. The van der Waals surface area contributed by atoms with Crippen molar-refractivity contribution in [3.63, 3.8) is 0 Å². The van der Waals surface area contributed by atoms with Gasteiger partial charge < -0.3 is 51.8 Å². The van der Waals surface area contributed by atoms with E-state index in [-0.39, 0.29) is 77.0 Å². The van der Waals surface area contributed by atoms with Crippen LogP contribution >= 0.6 is 0 Å². The van der Waals surface area contributed by atoms with Crippen molar-refractivity contribution in [3.8, 4) is 0 Å². The van der Waals surface area contributed by atoms with E-state index in [0.717, 1.165) is 7.11 Å². The van der Waals surface area contributed by atoms with Gasteiger partial charge in [0.05, 0.1) is 13.7 Å². The molecule has 2 rings (SSSR count). The van der Waals surface area contributed by atoms with Gasteiger partial charge in [-0.3, -0.25) is 28.8 Å². The molecule has 0 saturated carbocycles. The van der Waals surface area contributed by atoms with Crippen LogP contribution in [0.4, 0.5) is 4.79 Å². The lowest BCUT2D eigenvalue weighted by atomic mass is 10.0. The van der Waals surface area contributed by atoms with Crippen molar-refractivity contribution in [2.45, 2.75) is 115 Å². The molecule has 5 atom stereocenters. The van der Waals surface area contributed by atoms with Crippen LogP contribution in [0.15, 0.2) is 42.5 Å². The van der Waals surface area contributed by atoms with Crippen molar-refractivity contribution >= 4 is 53.5 Å². The van der Waals surface area contributed by atoms with Gasteiger partial charge in [-0.1, -0.05) is 50.3 Å². The SMILES string of the molecule is CCOC(=O)/C=C/CC[C@H](NC(=O)[C@H](CCC(N)=O)NC(=O)OCc1ccccc1)C(=O)N[C@@H](CC(C)C)C(=O)N1CCC[C@H]1C(=O)N[C@@H](CCC(N)=O)C(=O)OC. The zero-order valence-electron chi connectivity index (χ0n) is 33.5. The molecule has 0 spiro atoms. The molecule has 19 nitrogen and oxygen atoms in total. The van der Waals surface area contributed by atoms with Gasteiger partial charge in [-0.2, -0.15) is 0 Å². The number of rotatable bonds is 24. The Kier molecular flexibility index (Phi) is 21.0. The zero-order chi connectivity index (χ0) is 43.2. The fourth-order valence-corrected chi connectivity index (χ4v) is 6.05. The fraction of sp³-hybridized carbons (Fsp3) is 0.564. The van der Waals surface area contributed by atoms with Gasteiger partial charge in [0.1, 0.15) is 36.8 Å². The van der Waals surface area contributed by atoms with Crippen molar-refractivity contribution in [2.75, 3.05) is 20.3 Å². The maximum absolute atomic E-state index is 14.1. The Hall–Kier alpha value is -6.01. The van der Waals surface area contributed by atoms with Crippen molar-refractivity contribution < 1.29 is 57.4 Å². The number of nitrogens with two attached hydrogens (primary N) is 2. The molecule has 0 bridgehead atoms. The van der Waals surface area contributed by atoms with E-state index in [1.54, 1.807) is 37.3 Å². The number of carbonyl (C=O) groups excluding carboxylic acids is 9. The first-order valence-electron chi connectivity index (χ1n) is 19.2. The van der Waals surface area contributed by atoms with E-state index in [1.165, 1.54) is 17.1 Å². The highest BCUT2D eigenvalue weighted by atomic mass is 16.5. The number of hydrogen-bond donors (Lipinski definition) is 6. The van der Waals surface area contributed by atoms with Gasteiger partial charge in [-0.15, -0.1) is 0 Å². The van der Waals surface area contributed by atoms with Gasteiger partial charge in [-0.05, 0) is 63.4 Å². The van der Waals surface area contributed by atoms with Gasteiger partial charge in [0.25, 0.3) is 0 Å². The normalized spacial score (nSPS) is 15.7. The van der Waals surface area contributed by atoms with Gasteiger partial charge in [0.2, 0.25) is 35.4 Å². The number of hydrogen-bond acceptors (Lipinski definition) is 12. The number of methoxy groups -OCH3 is 1. The average Bonchev–Trinajstić information content (AvgIpc) is 3.68. The smallest absolute Gasteiger partial charge is 0.408 e. The molecule has 0 unspecified atom stereocenters. The van der Waals surface area contributed by atoms with E-state index < -0.39 is 83.7 Å². The third kappa shape index (κ3) is 17.4. The number of primary amides is 2. The summed E-state index contributed by atoms with van der Waals surface area (Å²) in [7, 11) is 1.13. The van der Waals surface area contributed by atoms with Crippen LogP contribution in [0.25, 0.3) is 0 Å². The molecule has 0 radical (unpaired) electrons. The van der Waals surface area contributed by atoms with Gasteiger partial charge in [0.15, 0.2) is 0 Å². The van der Waals surface area contributed by atoms with E-state index in [9.17, 15) is 43.2 Å². The maximum atomic E-state index is 14.1. The third-order valence-corrected chi connectivity index (χ3v) is 8.94. The third-order valence-electron chi connectivity index (χ3n) is 8.94. The number of carbonyl (C=O) groups is 9. The lowest BCUT2D eigenvalue weighted by Crippen LogP contribution is -2.59. The number of benzene rings is 1. The zero-order valence-corrected chi connectivity index (χ0v) is 33.5. The van der Waals surface area contributed by atoms with Crippen molar-refractivity contribution in [1.29, 1.82) is 0 Å². The highest BCUT2D eigenvalue weighted by molar-refractivity contribution is 5.96.